The Morgan fingerprint density at radius 3 is 2.45 bits per heavy atom. The van der Waals surface area contributed by atoms with Crippen molar-refractivity contribution >= 4 is 23.5 Å². The molecule has 0 spiro atoms. The second-order valence-corrected chi connectivity index (χ2v) is 8.05. The molecule has 0 aromatic heterocycles. The average molecular weight is 436 g/mol. The molecule has 3 amide bonds. The van der Waals surface area contributed by atoms with E-state index in [-0.39, 0.29) is 24.3 Å². The van der Waals surface area contributed by atoms with Gasteiger partial charge < -0.3 is 10.2 Å². The number of carbonyl (C=O) groups is 2. The van der Waals surface area contributed by atoms with Crippen LogP contribution in [0.25, 0.3) is 0 Å². The van der Waals surface area contributed by atoms with Crippen LogP contribution in [0.3, 0.4) is 0 Å². The molecule has 2 aliphatic rings. The maximum atomic E-state index is 13.4. The number of rotatable bonds is 3. The van der Waals surface area contributed by atoms with E-state index in [0.29, 0.717) is 23.7 Å². The third-order valence-corrected chi connectivity index (χ3v) is 6.21. The number of carbonyl (C=O) groups excluding carboxylic acids is 2. The number of halogens is 2. The summed E-state index contributed by atoms with van der Waals surface area (Å²) >= 11 is 6.12. The fraction of sp³-hybridized carbons (Fsp3) is 0.167. The molecule has 0 saturated carbocycles. The minimum Gasteiger partial charge on any atom is -0.334 e. The van der Waals surface area contributed by atoms with Gasteiger partial charge in [0.25, 0.3) is 5.91 Å². The van der Waals surface area contributed by atoms with Crippen LogP contribution >= 0.6 is 11.6 Å². The molecule has 0 bridgehead atoms. The van der Waals surface area contributed by atoms with E-state index in [9.17, 15) is 14.0 Å². The Morgan fingerprint density at radius 1 is 1.00 bits per heavy atom. The lowest BCUT2D eigenvalue weighted by Gasteiger charge is -2.40. The van der Waals surface area contributed by atoms with Crippen molar-refractivity contribution in [2.75, 3.05) is 13.1 Å². The standard InChI is InChI=1S/C24H19ClFN3O2/c25-18-9-7-17(8-10-18)24-21-4-2-1-3-20(21)22(30)28(24)13-14-29(24)23(31)27-15-16-5-11-19(26)12-6-16/h1-12H,13-15H2,(H,27,31). The SMILES string of the molecule is O=C(NCc1ccc(F)cc1)N1CCN2C(=O)c3ccccc3C12c1ccc(Cl)cc1. The topological polar surface area (TPSA) is 52.7 Å². The number of benzene rings is 3. The first-order valence-corrected chi connectivity index (χ1v) is 10.4. The van der Waals surface area contributed by atoms with Crippen LogP contribution in [-0.2, 0) is 12.2 Å². The summed E-state index contributed by atoms with van der Waals surface area (Å²) in [4.78, 5) is 30.0. The number of urea groups is 1. The molecule has 1 atom stereocenters. The molecule has 1 saturated heterocycles. The van der Waals surface area contributed by atoms with E-state index in [1.165, 1.54) is 12.1 Å². The summed E-state index contributed by atoms with van der Waals surface area (Å²) in [6.07, 6.45) is 0. The monoisotopic (exact) mass is 435 g/mol. The van der Waals surface area contributed by atoms with Gasteiger partial charge in [0.05, 0.1) is 0 Å². The largest absolute Gasteiger partial charge is 0.334 e. The fourth-order valence-corrected chi connectivity index (χ4v) is 4.73. The first-order chi connectivity index (χ1) is 15.0. The van der Waals surface area contributed by atoms with E-state index < -0.39 is 5.66 Å². The Kier molecular flexibility index (Phi) is 4.67. The zero-order chi connectivity index (χ0) is 21.6. The van der Waals surface area contributed by atoms with Crippen LogP contribution in [0.15, 0.2) is 72.8 Å². The Balaban J connectivity index is 1.55. The molecule has 3 aromatic rings. The lowest BCUT2D eigenvalue weighted by molar-refractivity contribution is 0.0545. The van der Waals surface area contributed by atoms with Gasteiger partial charge >= 0.3 is 6.03 Å². The summed E-state index contributed by atoms with van der Waals surface area (Å²) in [5, 5.41) is 3.50. The molecule has 1 unspecified atom stereocenters. The quantitative estimate of drug-likeness (QED) is 0.664. The van der Waals surface area contributed by atoms with Crippen molar-refractivity contribution in [3.8, 4) is 0 Å². The first kappa shape index (κ1) is 19.6. The predicted octanol–water partition coefficient (Wildman–Crippen LogP) is 4.36. The summed E-state index contributed by atoms with van der Waals surface area (Å²) in [5.74, 6) is -0.424. The highest BCUT2D eigenvalue weighted by molar-refractivity contribution is 6.30. The van der Waals surface area contributed by atoms with Crippen LogP contribution in [0, 0.1) is 5.82 Å². The summed E-state index contributed by atoms with van der Waals surface area (Å²) < 4.78 is 13.2. The molecule has 3 aromatic carbocycles. The van der Waals surface area contributed by atoms with Gasteiger partial charge in [-0.25, -0.2) is 9.18 Å². The van der Waals surface area contributed by atoms with Crippen molar-refractivity contribution < 1.29 is 14.0 Å². The third kappa shape index (κ3) is 2.98. The van der Waals surface area contributed by atoms with Crippen molar-refractivity contribution in [1.82, 2.24) is 15.1 Å². The van der Waals surface area contributed by atoms with Crippen LogP contribution < -0.4 is 5.32 Å². The second kappa shape index (κ2) is 7.39. The summed E-state index contributed by atoms with van der Waals surface area (Å²) in [6, 6.07) is 20.3. The van der Waals surface area contributed by atoms with Gasteiger partial charge in [-0.1, -0.05) is 54.1 Å². The van der Waals surface area contributed by atoms with Gasteiger partial charge in [0.2, 0.25) is 0 Å². The molecular formula is C24H19ClFN3O2. The van der Waals surface area contributed by atoms with Crippen molar-refractivity contribution in [2.45, 2.75) is 12.2 Å². The second-order valence-electron chi connectivity index (χ2n) is 7.62. The van der Waals surface area contributed by atoms with Crippen LogP contribution in [0.5, 0.6) is 0 Å². The van der Waals surface area contributed by atoms with E-state index in [2.05, 4.69) is 5.32 Å². The molecule has 2 aliphatic heterocycles. The minimum absolute atomic E-state index is 0.0978. The highest BCUT2D eigenvalue weighted by Gasteiger charge is 2.59. The highest BCUT2D eigenvalue weighted by atomic mass is 35.5. The van der Waals surface area contributed by atoms with Gasteiger partial charge in [-0.3, -0.25) is 9.69 Å². The number of hydrogen-bond acceptors (Lipinski definition) is 2. The van der Waals surface area contributed by atoms with Gasteiger partial charge in [0.15, 0.2) is 5.66 Å². The van der Waals surface area contributed by atoms with Crippen LogP contribution in [0.1, 0.15) is 27.0 Å². The molecule has 0 aliphatic carbocycles. The normalized spacial score (nSPS) is 19.4. The van der Waals surface area contributed by atoms with E-state index >= 15 is 0 Å². The van der Waals surface area contributed by atoms with E-state index in [0.717, 1.165) is 16.7 Å². The molecule has 31 heavy (non-hydrogen) atoms. The number of hydrogen-bond donors (Lipinski definition) is 1. The van der Waals surface area contributed by atoms with Crippen LogP contribution in [0.4, 0.5) is 9.18 Å². The fourth-order valence-electron chi connectivity index (χ4n) is 4.60. The van der Waals surface area contributed by atoms with Gasteiger partial charge in [-0.2, -0.15) is 0 Å². The van der Waals surface area contributed by atoms with Crippen molar-refractivity contribution in [3.05, 3.63) is 106 Å². The first-order valence-electron chi connectivity index (χ1n) is 9.99. The van der Waals surface area contributed by atoms with E-state index in [4.69, 9.17) is 11.6 Å². The maximum Gasteiger partial charge on any atom is 0.320 e. The molecule has 5 nitrogen and oxygen atoms in total. The van der Waals surface area contributed by atoms with Crippen molar-refractivity contribution in [3.63, 3.8) is 0 Å². The van der Waals surface area contributed by atoms with Gasteiger partial charge in [-0.15, -0.1) is 0 Å². The highest BCUT2D eigenvalue weighted by Crippen LogP contribution is 2.49. The molecule has 1 N–H and O–H groups in total. The van der Waals surface area contributed by atoms with Gasteiger partial charge in [0, 0.05) is 41.3 Å². The average Bonchev–Trinajstić information content (AvgIpc) is 3.29. The Hall–Kier alpha value is -3.38. The maximum absolute atomic E-state index is 13.4. The molecule has 7 heteroatoms. The van der Waals surface area contributed by atoms with E-state index in [1.54, 1.807) is 40.1 Å². The smallest absolute Gasteiger partial charge is 0.320 e. The lowest BCUT2D eigenvalue weighted by atomic mass is 9.90. The molecule has 156 valence electrons. The Labute approximate surface area is 184 Å². The van der Waals surface area contributed by atoms with Gasteiger partial charge in [-0.05, 0) is 35.9 Å². The number of fused-ring (bicyclic) bond motifs is 3. The number of nitrogens with one attached hydrogen (secondary N) is 1. The minimum atomic E-state index is -1.04. The molecule has 0 radical (unpaired) electrons. The molecule has 1 fully saturated rings. The van der Waals surface area contributed by atoms with Crippen molar-refractivity contribution in [1.29, 1.82) is 0 Å². The summed E-state index contributed by atoms with van der Waals surface area (Å²) in [7, 11) is 0. The predicted molar refractivity (Wildman–Crippen MR) is 115 cm³/mol. The Bertz CT molecular complexity index is 1170. The molecular weight excluding hydrogens is 417 g/mol. The zero-order valence-corrected chi connectivity index (χ0v) is 17.3. The van der Waals surface area contributed by atoms with Crippen LogP contribution in [-0.4, -0.2) is 34.8 Å². The molecule has 5 rings (SSSR count). The number of nitrogens with zero attached hydrogens (tertiary/aromatic N) is 2. The lowest BCUT2D eigenvalue weighted by Crippen LogP contribution is -2.54. The van der Waals surface area contributed by atoms with Gasteiger partial charge in [0.1, 0.15) is 5.82 Å². The van der Waals surface area contributed by atoms with E-state index in [1.807, 2.05) is 30.3 Å². The third-order valence-electron chi connectivity index (χ3n) is 5.96. The zero-order valence-electron chi connectivity index (χ0n) is 16.5. The number of amides is 3. The summed E-state index contributed by atoms with van der Waals surface area (Å²) in [5.41, 5.74) is 1.91. The van der Waals surface area contributed by atoms with Crippen molar-refractivity contribution in [2.24, 2.45) is 0 Å². The Morgan fingerprint density at radius 2 is 1.71 bits per heavy atom. The van der Waals surface area contributed by atoms with Crippen LogP contribution in [0.2, 0.25) is 5.02 Å². The molecule has 2 heterocycles. The summed E-state index contributed by atoms with van der Waals surface area (Å²) in [6.45, 7) is 1.06.